The van der Waals surface area contributed by atoms with Crippen LogP contribution in [0.3, 0.4) is 0 Å². The van der Waals surface area contributed by atoms with Crippen LogP contribution in [0.5, 0.6) is 11.5 Å². The molecule has 2 aromatic carbocycles. The zero-order chi connectivity index (χ0) is 23.1. The Kier molecular flexibility index (Phi) is 8.64. The van der Waals surface area contributed by atoms with Crippen molar-refractivity contribution in [1.82, 2.24) is 4.31 Å². The molecule has 1 aliphatic rings. The lowest BCUT2D eigenvalue weighted by Gasteiger charge is -2.20. The number of nitrogens with zero attached hydrogens (tertiary/aromatic N) is 1. The van der Waals surface area contributed by atoms with Crippen molar-refractivity contribution in [3.05, 3.63) is 52.0 Å². The van der Waals surface area contributed by atoms with E-state index in [9.17, 15) is 13.2 Å². The van der Waals surface area contributed by atoms with Crippen LogP contribution in [0.4, 0.5) is 0 Å². The van der Waals surface area contributed by atoms with Gasteiger partial charge in [-0.25, -0.2) is 13.2 Å². The molecule has 0 aliphatic carbocycles. The first kappa shape index (κ1) is 24.6. The number of methoxy groups -OCH3 is 1. The Labute approximate surface area is 198 Å². The number of benzene rings is 2. The Balaban J connectivity index is 1.68. The number of sulfonamides is 1. The van der Waals surface area contributed by atoms with E-state index in [1.807, 2.05) is 0 Å². The van der Waals surface area contributed by atoms with Gasteiger partial charge in [0.15, 0.2) is 0 Å². The molecule has 1 saturated heterocycles. The Hall–Kier alpha value is -2.00. The minimum atomic E-state index is -3.72. The molecule has 10 heteroatoms. The summed E-state index contributed by atoms with van der Waals surface area (Å²) in [6.45, 7) is 0.933. The minimum absolute atomic E-state index is 0.0351. The molecule has 1 aliphatic heterocycles. The predicted octanol–water partition coefficient (Wildman–Crippen LogP) is 4.80. The number of hydrogen-bond acceptors (Lipinski definition) is 6. The molecular weight excluding hydrogens is 477 g/mol. The summed E-state index contributed by atoms with van der Waals surface area (Å²) in [6.07, 6.45) is 3.66. The lowest BCUT2D eigenvalue weighted by atomic mass is 10.2. The van der Waals surface area contributed by atoms with Crippen molar-refractivity contribution < 1.29 is 27.4 Å². The fourth-order valence-electron chi connectivity index (χ4n) is 3.39. The number of carbonyl (C=O) groups excluding carboxylic acids is 1. The van der Waals surface area contributed by atoms with Gasteiger partial charge in [-0.05, 0) is 49.2 Å². The summed E-state index contributed by atoms with van der Waals surface area (Å²) in [5.41, 5.74) is 0.0351. The second kappa shape index (κ2) is 11.2. The summed E-state index contributed by atoms with van der Waals surface area (Å²) in [7, 11) is -2.31. The number of esters is 1. The highest BCUT2D eigenvalue weighted by atomic mass is 35.5. The van der Waals surface area contributed by atoms with Gasteiger partial charge in [-0.15, -0.1) is 0 Å². The van der Waals surface area contributed by atoms with Crippen molar-refractivity contribution in [2.24, 2.45) is 0 Å². The maximum Gasteiger partial charge on any atom is 0.342 e. The van der Waals surface area contributed by atoms with Gasteiger partial charge < -0.3 is 14.2 Å². The van der Waals surface area contributed by atoms with Crippen LogP contribution in [-0.2, 0) is 14.8 Å². The molecule has 0 spiro atoms. The van der Waals surface area contributed by atoms with Crippen LogP contribution in [0.1, 0.15) is 36.0 Å². The van der Waals surface area contributed by atoms with Crippen LogP contribution < -0.4 is 9.47 Å². The lowest BCUT2D eigenvalue weighted by Crippen LogP contribution is -2.32. The molecule has 0 amide bonds. The van der Waals surface area contributed by atoms with E-state index in [1.54, 1.807) is 18.2 Å². The second-order valence-electron chi connectivity index (χ2n) is 7.24. The minimum Gasteiger partial charge on any atom is -0.496 e. The van der Waals surface area contributed by atoms with E-state index in [-0.39, 0.29) is 29.4 Å². The van der Waals surface area contributed by atoms with Crippen LogP contribution in [0.2, 0.25) is 10.0 Å². The number of ether oxygens (including phenoxy) is 3. The molecular formula is C22H25Cl2NO6S. The molecule has 32 heavy (non-hydrogen) atoms. The van der Waals surface area contributed by atoms with Gasteiger partial charge in [-0.2, -0.15) is 4.31 Å². The van der Waals surface area contributed by atoms with Gasteiger partial charge in [0.05, 0.1) is 17.0 Å². The van der Waals surface area contributed by atoms with Gasteiger partial charge in [-0.3, -0.25) is 0 Å². The molecule has 2 aromatic rings. The van der Waals surface area contributed by atoms with Crippen molar-refractivity contribution in [2.75, 3.05) is 33.4 Å². The van der Waals surface area contributed by atoms with Gasteiger partial charge in [0.1, 0.15) is 30.3 Å². The van der Waals surface area contributed by atoms with Crippen molar-refractivity contribution in [3.63, 3.8) is 0 Å². The van der Waals surface area contributed by atoms with Gasteiger partial charge in [0.2, 0.25) is 10.0 Å². The Morgan fingerprint density at radius 1 is 0.969 bits per heavy atom. The van der Waals surface area contributed by atoms with Gasteiger partial charge in [0, 0.05) is 18.1 Å². The van der Waals surface area contributed by atoms with Gasteiger partial charge in [0.25, 0.3) is 0 Å². The molecule has 0 saturated carbocycles. The standard InChI is InChI=1S/C22H25Cl2NO6S/c1-29-20-9-7-17(32(27,28)25-10-4-2-3-5-11-25)15-18(20)22(26)31-13-12-30-21-8-6-16(23)14-19(21)24/h6-9,14-15H,2-5,10-13H2,1H3. The lowest BCUT2D eigenvalue weighted by molar-refractivity contribution is 0.0446. The van der Waals surface area contributed by atoms with Crippen LogP contribution in [0.25, 0.3) is 0 Å². The summed E-state index contributed by atoms with van der Waals surface area (Å²) in [5, 5.41) is 0.827. The number of halogens is 2. The summed E-state index contributed by atoms with van der Waals surface area (Å²) >= 11 is 11.9. The predicted molar refractivity (Wildman–Crippen MR) is 122 cm³/mol. The summed E-state index contributed by atoms with van der Waals surface area (Å²) < 4.78 is 43.6. The van der Waals surface area contributed by atoms with Crippen LogP contribution in [0, 0.1) is 0 Å². The molecule has 174 valence electrons. The van der Waals surface area contributed by atoms with Crippen LogP contribution in [0.15, 0.2) is 41.3 Å². The zero-order valence-electron chi connectivity index (χ0n) is 17.7. The maximum atomic E-state index is 13.1. The van der Waals surface area contributed by atoms with E-state index < -0.39 is 16.0 Å². The van der Waals surface area contributed by atoms with Gasteiger partial charge >= 0.3 is 5.97 Å². The molecule has 0 radical (unpaired) electrons. The molecule has 0 atom stereocenters. The van der Waals surface area contributed by atoms with E-state index in [0.717, 1.165) is 25.7 Å². The summed E-state index contributed by atoms with van der Waals surface area (Å²) in [4.78, 5) is 12.7. The monoisotopic (exact) mass is 501 g/mol. The normalized spacial score (nSPS) is 15.1. The van der Waals surface area contributed by atoms with Crippen molar-refractivity contribution >= 4 is 39.2 Å². The summed E-state index contributed by atoms with van der Waals surface area (Å²) in [6, 6.07) is 9.01. The molecule has 0 unspecified atom stereocenters. The molecule has 3 rings (SSSR count). The fourth-order valence-corrected chi connectivity index (χ4v) is 5.40. The first-order valence-electron chi connectivity index (χ1n) is 10.3. The third-order valence-corrected chi connectivity index (χ3v) is 7.49. The van der Waals surface area contributed by atoms with Crippen LogP contribution >= 0.6 is 23.2 Å². The highest BCUT2D eigenvalue weighted by Crippen LogP contribution is 2.28. The second-order valence-corrected chi connectivity index (χ2v) is 10.0. The Morgan fingerprint density at radius 2 is 1.66 bits per heavy atom. The third-order valence-electron chi connectivity index (χ3n) is 5.06. The molecule has 1 fully saturated rings. The first-order valence-corrected chi connectivity index (χ1v) is 12.5. The number of carbonyl (C=O) groups is 1. The molecule has 1 heterocycles. The SMILES string of the molecule is COc1ccc(S(=O)(=O)N2CCCCCC2)cc1C(=O)OCCOc1ccc(Cl)cc1Cl. The fraction of sp³-hybridized carbons (Fsp3) is 0.409. The molecule has 0 aromatic heterocycles. The molecule has 0 N–H and O–H groups in total. The van der Waals surface area contributed by atoms with E-state index in [1.165, 1.54) is 29.6 Å². The first-order chi connectivity index (χ1) is 15.3. The van der Waals surface area contributed by atoms with E-state index >= 15 is 0 Å². The molecule has 0 bridgehead atoms. The van der Waals surface area contributed by atoms with Crippen molar-refractivity contribution in [1.29, 1.82) is 0 Å². The largest absolute Gasteiger partial charge is 0.496 e. The average molecular weight is 502 g/mol. The van der Waals surface area contributed by atoms with Crippen molar-refractivity contribution in [2.45, 2.75) is 30.6 Å². The van der Waals surface area contributed by atoms with Crippen LogP contribution in [-0.4, -0.2) is 52.1 Å². The third kappa shape index (κ3) is 6.07. The van der Waals surface area contributed by atoms with Crippen molar-refractivity contribution in [3.8, 4) is 11.5 Å². The van der Waals surface area contributed by atoms with E-state index in [4.69, 9.17) is 37.4 Å². The number of rotatable bonds is 8. The Bertz CT molecular complexity index is 1050. The highest BCUT2D eigenvalue weighted by molar-refractivity contribution is 7.89. The quantitative estimate of drug-likeness (QED) is 0.381. The summed E-state index contributed by atoms with van der Waals surface area (Å²) in [5.74, 6) is -0.0673. The highest BCUT2D eigenvalue weighted by Gasteiger charge is 2.27. The van der Waals surface area contributed by atoms with E-state index in [2.05, 4.69) is 0 Å². The zero-order valence-corrected chi connectivity index (χ0v) is 20.0. The number of hydrogen-bond donors (Lipinski definition) is 0. The van der Waals surface area contributed by atoms with Gasteiger partial charge in [-0.1, -0.05) is 36.0 Å². The molecule has 7 nitrogen and oxygen atoms in total. The smallest absolute Gasteiger partial charge is 0.342 e. The maximum absolute atomic E-state index is 13.1. The topological polar surface area (TPSA) is 82.1 Å². The Morgan fingerprint density at radius 3 is 2.31 bits per heavy atom. The van der Waals surface area contributed by atoms with E-state index in [0.29, 0.717) is 28.9 Å². The average Bonchev–Trinajstić information content (AvgIpc) is 3.07.